The number of amides is 1. The summed E-state index contributed by atoms with van der Waals surface area (Å²) in [5.41, 5.74) is 1.06. The van der Waals surface area contributed by atoms with Crippen LogP contribution in [0.3, 0.4) is 0 Å². The van der Waals surface area contributed by atoms with E-state index >= 15 is 0 Å². The zero-order chi connectivity index (χ0) is 31.1. The molecule has 2 aromatic carbocycles. The summed E-state index contributed by atoms with van der Waals surface area (Å²) < 4.78 is 19.9. The predicted octanol–water partition coefficient (Wildman–Crippen LogP) is 5.43. The lowest BCUT2D eigenvalue weighted by Crippen LogP contribution is -2.36. The molecule has 4 N–H and O–H groups in total. The van der Waals surface area contributed by atoms with E-state index in [4.69, 9.17) is 16.3 Å². The van der Waals surface area contributed by atoms with Crippen LogP contribution in [0.1, 0.15) is 38.7 Å². The van der Waals surface area contributed by atoms with Crippen LogP contribution >= 0.6 is 11.6 Å². The van der Waals surface area contributed by atoms with E-state index in [1.807, 2.05) is 13.1 Å². The molecular weight excluding hydrogens is 575 g/mol. The van der Waals surface area contributed by atoms with Gasteiger partial charge in [0.2, 0.25) is 17.8 Å². The Balaban J connectivity index is 1.61. The molecule has 1 saturated heterocycles. The number of rotatable bonds is 12. The Labute approximate surface area is 256 Å². The number of likely N-dealkylation sites (N-methyl/N-ethyl adjacent to an activating group) is 1. The van der Waals surface area contributed by atoms with Gasteiger partial charge in [0, 0.05) is 37.5 Å². The van der Waals surface area contributed by atoms with Gasteiger partial charge < -0.3 is 35.6 Å². The van der Waals surface area contributed by atoms with Crippen molar-refractivity contribution in [2.75, 3.05) is 61.2 Å². The Hall–Kier alpha value is -4.00. The molecule has 43 heavy (non-hydrogen) atoms. The lowest BCUT2D eigenvalue weighted by Gasteiger charge is -2.30. The highest BCUT2D eigenvalue weighted by atomic mass is 35.5. The number of ether oxygens (including phenoxy) is 1. The highest BCUT2D eigenvalue weighted by Crippen LogP contribution is 2.38. The van der Waals surface area contributed by atoms with Crippen molar-refractivity contribution in [1.82, 2.24) is 19.9 Å². The highest BCUT2D eigenvalue weighted by Gasteiger charge is 2.23. The van der Waals surface area contributed by atoms with E-state index in [1.54, 1.807) is 13.2 Å². The number of carbonyl (C=O) groups excluding carboxylic acids is 1. The number of piperidine rings is 1. The van der Waals surface area contributed by atoms with Crippen LogP contribution < -0.4 is 25.6 Å². The number of anilines is 6. The minimum absolute atomic E-state index is 0.122. The number of methoxy groups -OCH3 is 1. The number of aliphatic hydroxyl groups is 1. The van der Waals surface area contributed by atoms with E-state index < -0.39 is 11.4 Å². The fourth-order valence-corrected chi connectivity index (χ4v) is 5.01. The fraction of sp³-hybridized carbons (Fsp3) is 0.400. The molecule has 2 heterocycles. The molecule has 0 spiro atoms. The van der Waals surface area contributed by atoms with Crippen molar-refractivity contribution in [3.63, 3.8) is 0 Å². The summed E-state index contributed by atoms with van der Waals surface area (Å²) in [6.07, 6.45) is 6.21. The van der Waals surface area contributed by atoms with Crippen LogP contribution in [0, 0.1) is 5.82 Å². The van der Waals surface area contributed by atoms with Gasteiger partial charge in [-0.15, -0.1) is 0 Å². The van der Waals surface area contributed by atoms with Gasteiger partial charge in [0.15, 0.2) is 0 Å². The van der Waals surface area contributed by atoms with Gasteiger partial charge in [-0.2, -0.15) is 4.98 Å². The van der Waals surface area contributed by atoms with Crippen molar-refractivity contribution in [2.24, 2.45) is 0 Å². The van der Waals surface area contributed by atoms with E-state index in [2.05, 4.69) is 47.3 Å². The summed E-state index contributed by atoms with van der Waals surface area (Å²) in [5, 5.41) is 19.5. The molecule has 0 radical (unpaired) electrons. The third-order valence-corrected chi connectivity index (χ3v) is 7.45. The second-order valence-electron chi connectivity index (χ2n) is 10.8. The number of benzene rings is 2. The summed E-state index contributed by atoms with van der Waals surface area (Å²) in [6.45, 7) is 10.5. The highest BCUT2D eigenvalue weighted by molar-refractivity contribution is 6.31. The van der Waals surface area contributed by atoms with Crippen LogP contribution in [-0.4, -0.2) is 71.2 Å². The third kappa shape index (κ3) is 8.31. The topological polar surface area (TPSA) is 128 Å². The molecule has 0 unspecified atom stereocenters. The number of likely N-dealkylation sites (tertiary alicyclic amines) is 1. The van der Waals surface area contributed by atoms with Crippen molar-refractivity contribution in [3.05, 3.63) is 59.7 Å². The quantitative estimate of drug-likeness (QED) is 0.196. The maximum absolute atomic E-state index is 14.2. The standard InChI is InChI=1S/C30H38ClFN8O3/c1-6-27(41)35-23-16-24(26(43-5)17-25(23)39(4)12-13-40-10-8-7-9-11-40)37-29-34-18-33-28(38-29)36-22-15-20(31)21(32)14-19(22)30(2,3)42/h6,14-18,42H,1,7-13H2,2-5H3,(H,35,41)(H2,33,34,36,37,38). The van der Waals surface area contributed by atoms with Crippen LogP contribution in [0.5, 0.6) is 5.75 Å². The third-order valence-electron chi connectivity index (χ3n) is 7.16. The second-order valence-corrected chi connectivity index (χ2v) is 11.2. The van der Waals surface area contributed by atoms with Crippen molar-refractivity contribution in [3.8, 4) is 5.75 Å². The van der Waals surface area contributed by atoms with Gasteiger partial charge in [0.05, 0.1) is 34.8 Å². The van der Waals surface area contributed by atoms with E-state index in [0.29, 0.717) is 22.8 Å². The Morgan fingerprint density at radius 2 is 1.81 bits per heavy atom. The first-order chi connectivity index (χ1) is 20.5. The molecule has 11 nitrogen and oxygen atoms in total. The zero-order valence-corrected chi connectivity index (χ0v) is 25.6. The predicted molar refractivity (Wildman–Crippen MR) is 168 cm³/mol. The van der Waals surface area contributed by atoms with E-state index in [0.717, 1.165) is 31.9 Å². The monoisotopic (exact) mass is 612 g/mol. The molecule has 4 rings (SSSR count). The van der Waals surface area contributed by atoms with Gasteiger partial charge in [0.1, 0.15) is 17.9 Å². The number of halogens is 2. The first-order valence-corrected chi connectivity index (χ1v) is 14.4. The van der Waals surface area contributed by atoms with Gasteiger partial charge in [-0.25, -0.2) is 14.4 Å². The first-order valence-electron chi connectivity index (χ1n) is 14.0. The average molecular weight is 613 g/mol. The number of nitrogens with zero attached hydrogens (tertiary/aromatic N) is 5. The van der Waals surface area contributed by atoms with Crippen molar-refractivity contribution in [1.29, 1.82) is 0 Å². The molecule has 1 aliphatic heterocycles. The Morgan fingerprint density at radius 1 is 1.14 bits per heavy atom. The lowest BCUT2D eigenvalue weighted by molar-refractivity contribution is -0.111. The van der Waals surface area contributed by atoms with Gasteiger partial charge in [-0.3, -0.25) is 4.79 Å². The normalized spacial score (nSPS) is 13.7. The van der Waals surface area contributed by atoms with E-state index in [1.165, 1.54) is 57.6 Å². The Bertz CT molecular complexity index is 1460. The van der Waals surface area contributed by atoms with Crippen LogP contribution in [-0.2, 0) is 10.4 Å². The van der Waals surface area contributed by atoms with Crippen LogP contribution in [0.4, 0.5) is 39.0 Å². The summed E-state index contributed by atoms with van der Waals surface area (Å²) in [5.74, 6) is -0.218. The van der Waals surface area contributed by atoms with Gasteiger partial charge >= 0.3 is 0 Å². The maximum atomic E-state index is 14.2. The molecule has 1 amide bonds. The molecule has 13 heteroatoms. The van der Waals surface area contributed by atoms with Gasteiger partial charge in [-0.1, -0.05) is 24.6 Å². The number of hydrogen-bond donors (Lipinski definition) is 4. The molecule has 1 aromatic heterocycles. The maximum Gasteiger partial charge on any atom is 0.247 e. The number of carbonyl (C=O) groups is 1. The summed E-state index contributed by atoms with van der Waals surface area (Å²) in [6, 6.07) is 6.11. The minimum atomic E-state index is -1.37. The molecule has 0 bridgehead atoms. The second kappa shape index (κ2) is 14.0. The fourth-order valence-electron chi connectivity index (χ4n) is 4.84. The van der Waals surface area contributed by atoms with Crippen LogP contribution in [0.15, 0.2) is 43.2 Å². The van der Waals surface area contributed by atoms with Crippen molar-refractivity contribution in [2.45, 2.75) is 38.7 Å². The number of hydrogen-bond acceptors (Lipinski definition) is 10. The summed E-state index contributed by atoms with van der Waals surface area (Å²) in [7, 11) is 3.53. The van der Waals surface area contributed by atoms with E-state index in [9.17, 15) is 14.3 Å². The molecule has 3 aromatic rings. The van der Waals surface area contributed by atoms with Gasteiger partial charge in [-0.05, 0) is 64.1 Å². The van der Waals surface area contributed by atoms with Crippen LogP contribution in [0.25, 0.3) is 0 Å². The number of nitrogens with one attached hydrogen (secondary N) is 3. The molecular formula is C30H38ClFN8O3. The largest absolute Gasteiger partial charge is 0.494 e. The smallest absolute Gasteiger partial charge is 0.247 e. The SMILES string of the molecule is C=CC(=O)Nc1cc(Nc2ncnc(Nc3cc(Cl)c(F)cc3C(C)(C)O)n2)c(OC)cc1N(C)CCN1CCCCC1. The Morgan fingerprint density at radius 3 is 2.44 bits per heavy atom. The average Bonchev–Trinajstić information content (AvgIpc) is 2.98. The van der Waals surface area contributed by atoms with Gasteiger partial charge in [0.25, 0.3) is 0 Å². The lowest BCUT2D eigenvalue weighted by atomic mass is 9.96. The van der Waals surface area contributed by atoms with Crippen LogP contribution in [0.2, 0.25) is 5.02 Å². The molecule has 1 fully saturated rings. The zero-order valence-electron chi connectivity index (χ0n) is 24.9. The number of aromatic nitrogens is 3. The van der Waals surface area contributed by atoms with Crippen molar-refractivity contribution < 1.29 is 19.0 Å². The molecule has 1 aliphatic rings. The minimum Gasteiger partial charge on any atom is -0.494 e. The molecule has 230 valence electrons. The summed E-state index contributed by atoms with van der Waals surface area (Å²) >= 11 is 6.01. The molecule has 0 atom stereocenters. The first kappa shape index (κ1) is 31.9. The summed E-state index contributed by atoms with van der Waals surface area (Å²) in [4.78, 5) is 29.7. The van der Waals surface area contributed by atoms with Crippen molar-refractivity contribution >= 4 is 52.2 Å². The molecule has 0 aliphatic carbocycles. The Kier molecular flexibility index (Phi) is 10.4. The van der Waals surface area contributed by atoms with E-state index in [-0.39, 0.29) is 28.4 Å². The molecule has 0 saturated carbocycles.